The van der Waals surface area contributed by atoms with Gasteiger partial charge in [0.2, 0.25) is 0 Å². The Kier molecular flexibility index (Phi) is 6.07. The second-order valence-electron chi connectivity index (χ2n) is 3.75. The zero-order valence-electron chi connectivity index (χ0n) is 10.1. The zero-order valence-corrected chi connectivity index (χ0v) is 11.0. The molecule has 0 fully saturated rings. The van der Waals surface area contributed by atoms with Crippen LogP contribution < -0.4 is 11.4 Å². The molecule has 1 aromatic rings. The lowest BCUT2D eigenvalue weighted by atomic mass is 10.1. The number of hydrogen-bond acceptors (Lipinski definition) is 7. The minimum atomic E-state index is -2.14. The summed E-state index contributed by atoms with van der Waals surface area (Å²) in [5, 5.41) is 9.32. The lowest BCUT2D eigenvalue weighted by Gasteiger charge is -2.19. The molecule has 106 valence electrons. The molecule has 0 aliphatic carbocycles. The Labute approximate surface area is 110 Å². The van der Waals surface area contributed by atoms with E-state index in [-0.39, 0.29) is 25.4 Å². The van der Waals surface area contributed by atoms with Crippen molar-refractivity contribution in [3.05, 3.63) is 34.9 Å². The predicted molar refractivity (Wildman–Crippen MR) is 70.3 cm³/mol. The number of rotatable bonds is 7. The maximum absolute atomic E-state index is 11.6. The number of nitrogen functional groups attached to an aromatic ring is 1. The van der Waals surface area contributed by atoms with Gasteiger partial charge in [-0.25, -0.2) is 4.79 Å². The molecule has 0 aliphatic rings. The molecule has 1 rings (SSSR count). The summed E-state index contributed by atoms with van der Waals surface area (Å²) >= 11 is 0. The molecule has 0 saturated carbocycles. The zero-order chi connectivity index (χ0) is 14.4. The van der Waals surface area contributed by atoms with E-state index in [0.717, 1.165) is 0 Å². The number of aliphatic hydroxyl groups excluding tert-OH is 1. The third-order valence-corrected chi connectivity index (χ3v) is 2.74. The molecule has 0 aromatic carbocycles. The normalized spacial score (nSPS) is 12.6. The fourth-order valence-corrected chi connectivity index (χ4v) is 1.69. The van der Waals surface area contributed by atoms with Crippen LogP contribution in [-0.4, -0.2) is 44.0 Å². The van der Waals surface area contributed by atoms with E-state index < -0.39 is 20.1 Å². The Morgan fingerprint density at radius 1 is 1.63 bits per heavy atom. The van der Waals surface area contributed by atoms with Crippen LogP contribution in [0, 0.1) is 0 Å². The van der Waals surface area contributed by atoms with Crippen LogP contribution in [0.25, 0.3) is 0 Å². The summed E-state index contributed by atoms with van der Waals surface area (Å²) in [7, 11) is -2.14. The Morgan fingerprint density at radius 3 is 2.84 bits per heavy atom. The van der Waals surface area contributed by atoms with E-state index in [1.54, 1.807) is 0 Å². The van der Waals surface area contributed by atoms with Gasteiger partial charge in [0.15, 0.2) is 8.38 Å². The molecule has 1 heterocycles. The van der Waals surface area contributed by atoms with Gasteiger partial charge in [-0.3, -0.25) is 4.57 Å². The van der Waals surface area contributed by atoms with Gasteiger partial charge in [0.05, 0.1) is 19.3 Å². The monoisotopic (exact) mass is 289 g/mol. The molecular weight excluding hydrogens is 273 g/mol. The van der Waals surface area contributed by atoms with E-state index in [1.807, 2.05) is 0 Å². The van der Waals surface area contributed by atoms with E-state index in [0.29, 0.717) is 5.57 Å². The van der Waals surface area contributed by atoms with Crippen LogP contribution >= 0.6 is 8.38 Å². The second kappa shape index (κ2) is 7.32. The predicted octanol–water partition coefficient (Wildman–Crippen LogP) is -0.814. The van der Waals surface area contributed by atoms with Gasteiger partial charge in [-0.05, 0) is 11.6 Å². The first-order valence-corrected chi connectivity index (χ1v) is 6.75. The van der Waals surface area contributed by atoms with Crippen LogP contribution in [0.5, 0.6) is 0 Å². The molecule has 0 spiro atoms. The number of hydrogen-bond donors (Lipinski definition) is 4. The molecule has 1 unspecified atom stereocenters. The van der Waals surface area contributed by atoms with Crippen LogP contribution in [0.2, 0.25) is 0 Å². The van der Waals surface area contributed by atoms with Crippen molar-refractivity contribution in [2.75, 3.05) is 25.3 Å². The summed E-state index contributed by atoms with van der Waals surface area (Å²) < 4.78 is 6.17. The number of nitrogens with two attached hydrogens (primary N) is 1. The smallest absolute Gasteiger partial charge is 0.350 e. The van der Waals surface area contributed by atoms with Gasteiger partial charge in [-0.2, -0.15) is 4.98 Å². The van der Waals surface area contributed by atoms with E-state index in [2.05, 4.69) is 11.6 Å². The summed E-state index contributed by atoms with van der Waals surface area (Å²) in [5.41, 5.74) is 5.18. The summed E-state index contributed by atoms with van der Waals surface area (Å²) in [6.07, 6.45) is 1.18. The Balaban J connectivity index is 2.76. The standard InChI is InChI=1S/C10H16N3O5P/c1-7(5-18-6-19(16)17)8(4-14)13-3-2-9(11)12-10(13)15/h2-3,8,14,16-17H,1,4-6H2,(H2,11,12,15). The van der Waals surface area contributed by atoms with Crippen molar-refractivity contribution < 1.29 is 19.6 Å². The highest BCUT2D eigenvalue weighted by Crippen LogP contribution is 2.23. The van der Waals surface area contributed by atoms with Gasteiger partial charge in [0.25, 0.3) is 0 Å². The highest BCUT2D eigenvalue weighted by molar-refractivity contribution is 7.44. The number of nitrogens with zero attached hydrogens (tertiary/aromatic N) is 2. The summed E-state index contributed by atoms with van der Waals surface area (Å²) in [5.74, 6) is 0.0889. The molecule has 0 saturated heterocycles. The highest BCUT2D eigenvalue weighted by Gasteiger charge is 2.16. The molecule has 0 amide bonds. The van der Waals surface area contributed by atoms with Crippen molar-refractivity contribution >= 4 is 14.2 Å². The van der Waals surface area contributed by atoms with Gasteiger partial charge < -0.3 is 25.4 Å². The van der Waals surface area contributed by atoms with Crippen LogP contribution in [-0.2, 0) is 4.74 Å². The molecule has 19 heavy (non-hydrogen) atoms. The third-order valence-electron chi connectivity index (χ3n) is 2.33. The number of aromatic nitrogens is 2. The first-order chi connectivity index (χ1) is 8.95. The van der Waals surface area contributed by atoms with Crippen LogP contribution in [0.3, 0.4) is 0 Å². The van der Waals surface area contributed by atoms with E-state index in [4.69, 9.17) is 20.3 Å². The van der Waals surface area contributed by atoms with Crippen LogP contribution in [0.4, 0.5) is 5.82 Å². The molecular formula is C10H16N3O5P. The Morgan fingerprint density at radius 2 is 2.32 bits per heavy atom. The fraction of sp³-hybridized carbons (Fsp3) is 0.400. The first kappa shape index (κ1) is 15.7. The summed E-state index contributed by atoms with van der Waals surface area (Å²) in [6, 6.07) is 0.725. The Bertz CT molecular complexity index is 490. The quantitative estimate of drug-likeness (QED) is 0.381. The van der Waals surface area contributed by atoms with Gasteiger partial charge in [-0.1, -0.05) is 6.58 Å². The maximum Gasteiger partial charge on any atom is 0.350 e. The van der Waals surface area contributed by atoms with E-state index in [9.17, 15) is 9.90 Å². The average molecular weight is 289 g/mol. The molecule has 5 N–H and O–H groups in total. The molecule has 9 heteroatoms. The molecule has 0 aliphatic heterocycles. The molecule has 1 atom stereocenters. The minimum Gasteiger partial charge on any atom is -0.394 e. The van der Waals surface area contributed by atoms with Crippen molar-refractivity contribution in [2.45, 2.75) is 6.04 Å². The number of ether oxygens (including phenoxy) is 1. The van der Waals surface area contributed by atoms with Crippen molar-refractivity contribution in [3.63, 3.8) is 0 Å². The minimum absolute atomic E-state index is 0.0119. The van der Waals surface area contributed by atoms with Crippen molar-refractivity contribution in [1.82, 2.24) is 9.55 Å². The third kappa shape index (κ3) is 4.70. The summed E-state index contributed by atoms with van der Waals surface area (Å²) in [4.78, 5) is 32.6. The number of anilines is 1. The largest absolute Gasteiger partial charge is 0.394 e. The van der Waals surface area contributed by atoms with Crippen LogP contribution in [0.1, 0.15) is 6.04 Å². The second-order valence-corrected chi connectivity index (χ2v) is 4.75. The van der Waals surface area contributed by atoms with Crippen molar-refractivity contribution in [3.8, 4) is 0 Å². The van der Waals surface area contributed by atoms with E-state index in [1.165, 1.54) is 16.8 Å². The lowest BCUT2D eigenvalue weighted by Crippen LogP contribution is -2.30. The molecule has 8 nitrogen and oxygen atoms in total. The highest BCUT2D eigenvalue weighted by atomic mass is 31.2. The first-order valence-electron chi connectivity index (χ1n) is 5.32. The molecule has 0 bridgehead atoms. The van der Waals surface area contributed by atoms with E-state index >= 15 is 0 Å². The van der Waals surface area contributed by atoms with Gasteiger partial charge in [0.1, 0.15) is 12.2 Å². The lowest BCUT2D eigenvalue weighted by molar-refractivity contribution is 0.170. The maximum atomic E-state index is 11.6. The Hall–Kier alpha value is -1.31. The van der Waals surface area contributed by atoms with Gasteiger partial charge in [0, 0.05) is 6.20 Å². The fourth-order valence-electron chi connectivity index (χ4n) is 1.43. The van der Waals surface area contributed by atoms with Gasteiger partial charge in [-0.15, -0.1) is 0 Å². The number of aliphatic hydroxyl groups is 1. The van der Waals surface area contributed by atoms with Crippen molar-refractivity contribution in [2.24, 2.45) is 0 Å². The average Bonchev–Trinajstić information content (AvgIpc) is 2.32. The molecule has 0 radical (unpaired) electrons. The van der Waals surface area contributed by atoms with Gasteiger partial charge >= 0.3 is 5.69 Å². The topological polar surface area (TPSA) is 131 Å². The van der Waals surface area contributed by atoms with Crippen LogP contribution in [0.15, 0.2) is 29.2 Å². The SMILES string of the molecule is C=C(COCP(O)O)C(CO)n1ccc(N)nc1=O. The summed E-state index contributed by atoms with van der Waals surface area (Å²) in [6.45, 7) is 3.33. The van der Waals surface area contributed by atoms with Crippen molar-refractivity contribution in [1.29, 1.82) is 0 Å². The molecule has 1 aromatic heterocycles.